The van der Waals surface area contributed by atoms with Crippen LogP contribution in [0, 0.1) is 6.92 Å². The zero-order valence-corrected chi connectivity index (χ0v) is 12.4. The lowest BCUT2D eigenvalue weighted by Crippen LogP contribution is -1.95. The second kappa shape index (κ2) is 5.44. The fourth-order valence-electron chi connectivity index (χ4n) is 2.47. The molecule has 2 aromatic carbocycles. The first-order chi connectivity index (χ1) is 10.2. The summed E-state index contributed by atoms with van der Waals surface area (Å²) in [5, 5.41) is 1.12. The van der Waals surface area contributed by atoms with E-state index in [4.69, 9.17) is 14.5 Å². The highest BCUT2D eigenvalue weighted by Crippen LogP contribution is 2.37. The Morgan fingerprint density at radius 3 is 2.19 bits per heavy atom. The second-order valence-electron chi connectivity index (χ2n) is 4.93. The molecular formula is C18H17NO2. The maximum atomic E-state index is 5.46. The summed E-state index contributed by atoms with van der Waals surface area (Å²) < 4.78 is 10.9. The normalized spacial score (nSPS) is 10.6. The van der Waals surface area contributed by atoms with Crippen molar-refractivity contribution in [2.24, 2.45) is 0 Å². The standard InChI is InChI=1S/C18H17NO2/c1-12-7-8-13-9-10-14(19-15(13)11-12)18-16(20-2)5-4-6-17(18)21-3/h4-11H,1-3H3. The van der Waals surface area contributed by atoms with Crippen molar-refractivity contribution in [2.45, 2.75) is 6.92 Å². The average Bonchev–Trinajstić information content (AvgIpc) is 2.53. The van der Waals surface area contributed by atoms with Crippen molar-refractivity contribution in [3.8, 4) is 22.8 Å². The molecule has 3 heteroatoms. The average molecular weight is 279 g/mol. The van der Waals surface area contributed by atoms with Gasteiger partial charge in [-0.25, -0.2) is 4.98 Å². The molecule has 3 aromatic rings. The summed E-state index contributed by atoms with van der Waals surface area (Å²) >= 11 is 0. The van der Waals surface area contributed by atoms with Crippen LogP contribution in [0.3, 0.4) is 0 Å². The fourth-order valence-corrected chi connectivity index (χ4v) is 2.47. The molecular weight excluding hydrogens is 262 g/mol. The zero-order valence-electron chi connectivity index (χ0n) is 12.4. The van der Waals surface area contributed by atoms with E-state index in [2.05, 4.69) is 31.2 Å². The van der Waals surface area contributed by atoms with Crippen LogP contribution in [-0.2, 0) is 0 Å². The fraction of sp³-hybridized carbons (Fsp3) is 0.167. The second-order valence-corrected chi connectivity index (χ2v) is 4.93. The van der Waals surface area contributed by atoms with Gasteiger partial charge < -0.3 is 9.47 Å². The number of nitrogens with zero attached hydrogens (tertiary/aromatic N) is 1. The van der Waals surface area contributed by atoms with Crippen molar-refractivity contribution >= 4 is 10.9 Å². The van der Waals surface area contributed by atoms with Crippen molar-refractivity contribution in [2.75, 3.05) is 14.2 Å². The number of aromatic nitrogens is 1. The lowest BCUT2D eigenvalue weighted by atomic mass is 10.1. The van der Waals surface area contributed by atoms with Crippen molar-refractivity contribution in [1.82, 2.24) is 4.98 Å². The molecule has 106 valence electrons. The van der Waals surface area contributed by atoms with Gasteiger partial charge in [0.05, 0.1) is 31.0 Å². The third-order valence-corrected chi connectivity index (χ3v) is 3.53. The minimum Gasteiger partial charge on any atom is -0.496 e. The van der Waals surface area contributed by atoms with Gasteiger partial charge in [-0.1, -0.05) is 24.3 Å². The number of pyridine rings is 1. The van der Waals surface area contributed by atoms with Crippen molar-refractivity contribution < 1.29 is 9.47 Å². The maximum Gasteiger partial charge on any atom is 0.132 e. The van der Waals surface area contributed by atoms with Crippen LogP contribution < -0.4 is 9.47 Å². The lowest BCUT2D eigenvalue weighted by molar-refractivity contribution is 0.397. The molecule has 21 heavy (non-hydrogen) atoms. The van der Waals surface area contributed by atoms with Crippen molar-refractivity contribution in [3.63, 3.8) is 0 Å². The van der Waals surface area contributed by atoms with Gasteiger partial charge in [0.15, 0.2) is 0 Å². The summed E-state index contributed by atoms with van der Waals surface area (Å²) in [6.45, 7) is 2.07. The van der Waals surface area contributed by atoms with Gasteiger partial charge in [0, 0.05) is 5.39 Å². The van der Waals surface area contributed by atoms with Gasteiger partial charge in [0.2, 0.25) is 0 Å². The van der Waals surface area contributed by atoms with E-state index in [9.17, 15) is 0 Å². The molecule has 1 heterocycles. The summed E-state index contributed by atoms with van der Waals surface area (Å²) in [4.78, 5) is 4.76. The first-order valence-corrected chi connectivity index (χ1v) is 6.81. The molecule has 0 saturated heterocycles. The number of hydrogen-bond acceptors (Lipinski definition) is 3. The summed E-state index contributed by atoms with van der Waals surface area (Å²) in [6, 6.07) is 16.1. The predicted octanol–water partition coefficient (Wildman–Crippen LogP) is 4.23. The number of aryl methyl sites for hydroxylation is 1. The molecule has 3 nitrogen and oxygen atoms in total. The Morgan fingerprint density at radius 2 is 1.52 bits per heavy atom. The summed E-state index contributed by atoms with van der Waals surface area (Å²) in [6.07, 6.45) is 0. The first-order valence-electron chi connectivity index (χ1n) is 6.81. The van der Waals surface area contributed by atoms with E-state index in [1.807, 2.05) is 24.3 Å². The molecule has 0 atom stereocenters. The van der Waals surface area contributed by atoms with Crippen LogP contribution in [0.1, 0.15) is 5.56 Å². The summed E-state index contributed by atoms with van der Waals surface area (Å²) in [7, 11) is 3.31. The molecule has 0 unspecified atom stereocenters. The van der Waals surface area contributed by atoms with Crippen LogP contribution in [0.15, 0.2) is 48.5 Å². The summed E-state index contributed by atoms with van der Waals surface area (Å²) in [5.74, 6) is 1.52. The SMILES string of the molecule is COc1cccc(OC)c1-c1ccc2ccc(C)cc2n1. The molecule has 3 rings (SSSR count). The third-order valence-electron chi connectivity index (χ3n) is 3.53. The lowest BCUT2D eigenvalue weighted by Gasteiger charge is -2.13. The quantitative estimate of drug-likeness (QED) is 0.719. The van der Waals surface area contributed by atoms with Gasteiger partial charge in [-0.3, -0.25) is 0 Å². The zero-order chi connectivity index (χ0) is 14.8. The topological polar surface area (TPSA) is 31.4 Å². The first kappa shape index (κ1) is 13.4. The highest BCUT2D eigenvalue weighted by molar-refractivity contribution is 5.84. The van der Waals surface area contributed by atoms with Crippen LogP contribution in [0.2, 0.25) is 0 Å². The van der Waals surface area contributed by atoms with Gasteiger partial charge in [-0.15, -0.1) is 0 Å². The Hall–Kier alpha value is -2.55. The number of rotatable bonds is 3. The molecule has 0 fully saturated rings. The van der Waals surface area contributed by atoms with Gasteiger partial charge in [0.25, 0.3) is 0 Å². The molecule has 0 saturated carbocycles. The highest BCUT2D eigenvalue weighted by Gasteiger charge is 2.13. The highest BCUT2D eigenvalue weighted by atomic mass is 16.5. The molecule has 1 aromatic heterocycles. The van der Waals surface area contributed by atoms with E-state index in [0.717, 1.165) is 33.7 Å². The molecule has 0 N–H and O–H groups in total. The Morgan fingerprint density at radius 1 is 0.857 bits per heavy atom. The van der Waals surface area contributed by atoms with Gasteiger partial charge in [-0.05, 0) is 36.8 Å². The number of benzene rings is 2. The van der Waals surface area contributed by atoms with Crippen LogP contribution >= 0.6 is 0 Å². The van der Waals surface area contributed by atoms with Gasteiger partial charge in [0.1, 0.15) is 11.5 Å². The number of ether oxygens (including phenoxy) is 2. The van der Waals surface area contributed by atoms with Crippen molar-refractivity contribution in [3.05, 3.63) is 54.1 Å². The molecule has 0 aliphatic carbocycles. The van der Waals surface area contributed by atoms with E-state index in [1.165, 1.54) is 5.56 Å². The smallest absolute Gasteiger partial charge is 0.132 e. The molecule has 0 radical (unpaired) electrons. The maximum absolute atomic E-state index is 5.46. The Kier molecular flexibility index (Phi) is 3.48. The Labute approximate surface area is 124 Å². The monoisotopic (exact) mass is 279 g/mol. The third kappa shape index (κ3) is 2.42. The molecule has 0 spiro atoms. The minimum absolute atomic E-state index is 0.758. The predicted molar refractivity (Wildman–Crippen MR) is 85.0 cm³/mol. The molecule has 0 amide bonds. The van der Waals surface area contributed by atoms with Crippen molar-refractivity contribution in [1.29, 1.82) is 0 Å². The molecule has 0 bridgehead atoms. The van der Waals surface area contributed by atoms with E-state index in [1.54, 1.807) is 14.2 Å². The van der Waals surface area contributed by atoms with Crippen LogP contribution in [-0.4, -0.2) is 19.2 Å². The van der Waals surface area contributed by atoms with Crippen LogP contribution in [0.5, 0.6) is 11.5 Å². The van der Waals surface area contributed by atoms with Crippen LogP contribution in [0.25, 0.3) is 22.2 Å². The number of fused-ring (bicyclic) bond motifs is 1. The van der Waals surface area contributed by atoms with E-state index >= 15 is 0 Å². The Bertz CT molecular complexity index is 774. The van der Waals surface area contributed by atoms with E-state index < -0.39 is 0 Å². The summed E-state index contributed by atoms with van der Waals surface area (Å²) in [5.41, 5.74) is 3.90. The minimum atomic E-state index is 0.758. The van der Waals surface area contributed by atoms with E-state index in [-0.39, 0.29) is 0 Å². The molecule has 0 aliphatic rings. The van der Waals surface area contributed by atoms with E-state index in [0.29, 0.717) is 0 Å². The number of methoxy groups -OCH3 is 2. The van der Waals surface area contributed by atoms with Gasteiger partial charge >= 0.3 is 0 Å². The van der Waals surface area contributed by atoms with Gasteiger partial charge in [-0.2, -0.15) is 0 Å². The number of hydrogen-bond donors (Lipinski definition) is 0. The largest absolute Gasteiger partial charge is 0.496 e. The van der Waals surface area contributed by atoms with Crippen LogP contribution in [0.4, 0.5) is 0 Å². The Balaban J connectivity index is 2.25. The molecule has 0 aliphatic heterocycles.